The number of aromatic nitrogens is 4. The summed E-state index contributed by atoms with van der Waals surface area (Å²) in [6.07, 6.45) is 1.59. The standard InChI is InChI=1S/C17H17N5O2S/c1-10-6-19-17-22(16(10)24)8-11(9-25-17)15(23)18-7-14-20-12-4-2-3-5-13(12)21-14/h2-6,11H,7-9H2,1H3,(H,18,23)(H,20,21). The molecule has 4 rings (SSSR count). The van der Waals surface area contributed by atoms with Gasteiger partial charge in [-0.2, -0.15) is 0 Å². The first-order valence-corrected chi connectivity index (χ1v) is 9.01. The van der Waals surface area contributed by atoms with Gasteiger partial charge in [0.1, 0.15) is 5.82 Å². The van der Waals surface area contributed by atoms with E-state index in [1.165, 1.54) is 11.8 Å². The molecule has 1 unspecified atom stereocenters. The van der Waals surface area contributed by atoms with Crippen molar-refractivity contribution in [2.24, 2.45) is 5.92 Å². The molecule has 2 aromatic heterocycles. The molecule has 0 radical (unpaired) electrons. The van der Waals surface area contributed by atoms with E-state index in [4.69, 9.17) is 0 Å². The normalized spacial score (nSPS) is 16.6. The Bertz CT molecular complexity index is 977. The monoisotopic (exact) mass is 355 g/mol. The van der Waals surface area contributed by atoms with Gasteiger partial charge in [-0.25, -0.2) is 9.97 Å². The lowest BCUT2D eigenvalue weighted by Gasteiger charge is -2.24. The van der Waals surface area contributed by atoms with Crippen LogP contribution in [0, 0.1) is 12.8 Å². The third kappa shape index (κ3) is 3.05. The van der Waals surface area contributed by atoms with Gasteiger partial charge >= 0.3 is 0 Å². The second kappa shape index (κ2) is 6.36. The van der Waals surface area contributed by atoms with Crippen LogP contribution in [0.15, 0.2) is 40.4 Å². The van der Waals surface area contributed by atoms with Gasteiger partial charge in [0, 0.05) is 24.1 Å². The highest BCUT2D eigenvalue weighted by Gasteiger charge is 2.27. The fourth-order valence-corrected chi connectivity index (χ4v) is 3.91. The number of fused-ring (bicyclic) bond motifs is 2. The van der Waals surface area contributed by atoms with E-state index >= 15 is 0 Å². The third-order valence-corrected chi connectivity index (χ3v) is 5.39. The number of rotatable bonds is 3. The maximum absolute atomic E-state index is 12.5. The van der Waals surface area contributed by atoms with Crippen LogP contribution in [0.1, 0.15) is 11.4 Å². The molecule has 7 nitrogen and oxygen atoms in total. The SMILES string of the molecule is Cc1cnc2n(c1=O)CC(C(=O)NCc1nc3ccccc3[nH]1)CS2. The smallest absolute Gasteiger partial charge is 0.257 e. The molecule has 1 aromatic carbocycles. The molecule has 3 heterocycles. The van der Waals surface area contributed by atoms with Gasteiger partial charge in [0.25, 0.3) is 5.56 Å². The summed E-state index contributed by atoms with van der Waals surface area (Å²) < 4.78 is 1.59. The predicted octanol–water partition coefficient (Wildman–Crippen LogP) is 1.47. The van der Waals surface area contributed by atoms with E-state index in [0.717, 1.165) is 11.0 Å². The summed E-state index contributed by atoms with van der Waals surface area (Å²) >= 11 is 1.44. The fourth-order valence-electron chi connectivity index (χ4n) is 2.86. The first kappa shape index (κ1) is 15.9. The van der Waals surface area contributed by atoms with E-state index in [9.17, 15) is 9.59 Å². The maximum atomic E-state index is 12.5. The average Bonchev–Trinajstić information content (AvgIpc) is 3.05. The highest BCUT2D eigenvalue weighted by atomic mass is 32.2. The first-order valence-electron chi connectivity index (χ1n) is 8.02. The second-order valence-corrected chi connectivity index (χ2v) is 7.05. The number of nitrogens with zero attached hydrogens (tertiary/aromatic N) is 3. The minimum atomic E-state index is -0.261. The Morgan fingerprint density at radius 1 is 1.44 bits per heavy atom. The Hall–Kier alpha value is -2.61. The summed E-state index contributed by atoms with van der Waals surface area (Å²) in [5.74, 6) is 0.991. The molecule has 25 heavy (non-hydrogen) atoms. The van der Waals surface area contributed by atoms with E-state index in [-0.39, 0.29) is 17.4 Å². The van der Waals surface area contributed by atoms with Crippen LogP contribution in [0.2, 0.25) is 0 Å². The molecule has 0 aliphatic carbocycles. The van der Waals surface area contributed by atoms with Gasteiger partial charge in [0.15, 0.2) is 5.16 Å². The number of para-hydroxylation sites is 2. The summed E-state index contributed by atoms with van der Waals surface area (Å²) in [6.45, 7) is 2.43. The largest absolute Gasteiger partial charge is 0.349 e. The predicted molar refractivity (Wildman–Crippen MR) is 95.4 cm³/mol. The number of aryl methyl sites for hydroxylation is 1. The number of nitrogens with one attached hydrogen (secondary N) is 2. The number of hydrogen-bond acceptors (Lipinski definition) is 5. The number of thioether (sulfide) groups is 1. The Morgan fingerprint density at radius 2 is 2.28 bits per heavy atom. The molecule has 0 fully saturated rings. The Morgan fingerprint density at radius 3 is 3.12 bits per heavy atom. The van der Waals surface area contributed by atoms with Crippen LogP contribution in [-0.2, 0) is 17.9 Å². The van der Waals surface area contributed by atoms with Crippen LogP contribution in [-0.4, -0.2) is 31.2 Å². The van der Waals surface area contributed by atoms with Crippen molar-refractivity contribution in [3.8, 4) is 0 Å². The molecule has 2 N–H and O–H groups in total. The quantitative estimate of drug-likeness (QED) is 0.694. The molecule has 0 saturated carbocycles. The van der Waals surface area contributed by atoms with Crippen molar-refractivity contribution in [1.29, 1.82) is 0 Å². The molecular formula is C17H17N5O2S. The topological polar surface area (TPSA) is 92.7 Å². The van der Waals surface area contributed by atoms with Gasteiger partial charge in [0.05, 0.1) is 23.5 Å². The Labute approximate surface area is 147 Å². The molecule has 0 saturated heterocycles. The van der Waals surface area contributed by atoms with Crippen molar-refractivity contribution in [2.75, 3.05) is 5.75 Å². The van der Waals surface area contributed by atoms with Crippen LogP contribution in [0.5, 0.6) is 0 Å². The first-order chi connectivity index (χ1) is 12.1. The highest BCUT2D eigenvalue weighted by Crippen LogP contribution is 2.25. The lowest BCUT2D eigenvalue weighted by atomic mass is 10.1. The van der Waals surface area contributed by atoms with E-state index < -0.39 is 0 Å². The minimum Gasteiger partial charge on any atom is -0.349 e. The Kier molecular flexibility index (Phi) is 4.04. The molecule has 0 bridgehead atoms. The number of carbonyl (C=O) groups is 1. The van der Waals surface area contributed by atoms with Crippen molar-refractivity contribution in [2.45, 2.75) is 25.2 Å². The van der Waals surface area contributed by atoms with E-state index in [2.05, 4.69) is 20.3 Å². The van der Waals surface area contributed by atoms with Crippen molar-refractivity contribution in [1.82, 2.24) is 24.8 Å². The zero-order valence-electron chi connectivity index (χ0n) is 13.7. The van der Waals surface area contributed by atoms with E-state index in [1.807, 2.05) is 24.3 Å². The van der Waals surface area contributed by atoms with E-state index in [1.54, 1.807) is 17.7 Å². The number of imidazole rings is 1. The molecule has 1 atom stereocenters. The van der Waals surface area contributed by atoms with Gasteiger partial charge in [0.2, 0.25) is 5.91 Å². The van der Waals surface area contributed by atoms with Gasteiger partial charge in [-0.05, 0) is 19.1 Å². The summed E-state index contributed by atoms with van der Waals surface area (Å²) in [7, 11) is 0. The molecule has 1 aliphatic heterocycles. The zero-order chi connectivity index (χ0) is 17.4. The number of aromatic amines is 1. The Balaban J connectivity index is 1.45. The number of amides is 1. The second-order valence-electron chi connectivity index (χ2n) is 6.07. The number of hydrogen-bond donors (Lipinski definition) is 2. The summed E-state index contributed by atoms with van der Waals surface area (Å²) in [5, 5.41) is 3.59. The molecular weight excluding hydrogens is 338 g/mol. The van der Waals surface area contributed by atoms with Gasteiger partial charge in [-0.15, -0.1) is 0 Å². The summed E-state index contributed by atoms with van der Waals surface area (Å²) in [6, 6.07) is 7.74. The number of benzene rings is 1. The van der Waals surface area contributed by atoms with Gasteiger partial charge in [-0.3, -0.25) is 14.2 Å². The lowest BCUT2D eigenvalue weighted by molar-refractivity contribution is -0.125. The maximum Gasteiger partial charge on any atom is 0.257 e. The molecule has 1 amide bonds. The van der Waals surface area contributed by atoms with Crippen molar-refractivity contribution in [3.05, 3.63) is 52.2 Å². The van der Waals surface area contributed by atoms with Crippen LogP contribution in [0.25, 0.3) is 11.0 Å². The summed E-state index contributed by atoms with van der Waals surface area (Å²) in [5.41, 5.74) is 2.34. The number of H-pyrrole nitrogens is 1. The fraction of sp³-hybridized carbons (Fsp3) is 0.294. The van der Waals surface area contributed by atoms with E-state index in [0.29, 0.717) is 35.4 Å². The number of carbonyl (C=O) groups excluding carboxylic acids is 1. The molecule has 0 spiro atoms. The summed E-state index contributed by atoms with van der Waals surface area (Å²) in [4.78, 5) is 36.6. The van der Waals surface area contributed by atoms with Crippen LogP contribution < -0.4 is 10.9 Å². The van der Waals surface area contributed by atoms with Crippen LogP contribution in [0.3, 0.4) is 0 Å². The zero-order valence-corrected chi connectivity index (χ0v) is 14.5. The molecule has 128 valence electrons. The third-order valence-electron chi connectivity index (χ3n) is 4.24. The van der Waals surface area contributed by atoms with Crippen LogP contribution >= 0.6 is 11.8 Å². The highest BCUT2D eigenvalue weighted by molar-refractivity contribution is 7.99. The van der Waals surface area contributed by atoms with Gasteiger partial charge in [-0.1, -0.05) is 23.9 Å². The van der Waals surface area contributed by atoms with Crippen molar-refractivity contribution < 1.29 is 4.79 Å². The minimum absolute atomic E-state index is 0.0766. The molecule has 8 heteroatoms. The molecule has 1 aliphatic rings. The van der Waals surface area contributed by atoms with Crippen molar-refractivity contribution in [3.63, 3.8) is 0 Å². The van der Waals surface area contributed by atoms with Gasteiger partial charge < -0.3 is 10.3 Å². The van der Waals surface area contributed by atoms with Crippen molar-refractivity contribution >= 4 is 28.7 Å². The average molecular weight is 355 g/mol. The van der Waals surface area contributed by atoms with Crippen LogP contribution in [0.4, 0.5) is 0 Å². The molecule has 3 aromatic rings. The lowest BCUT2D eigenvalue weighted by Crippen LogP contribution is -2.40.